The van der Waals surface area contributed by atoms with Crippen LogP contribution in [0.4, 0.5) is 0 Å². The SMILES string of the molecule is CCCNC(=O)Cc1cc(OC)c(CC(=O)NCCC)cc1OC. The third kappa shape index (κ3) is 6.10. The standard InChI is InChI=1S/C18H28N2O4/c1-5-7-19-17(21)11-13-9-16(24-4)14(10-15(13)23-3)12-18(22)20-8-6-2/h9-10H,5-8,11-12H2,1-4H3,(H,19,21)(H,20,22). The minimum Gasteiger partial charge on any atom is -0.496 e. The Bertz CT molecular complexity index is 508. The molecule has 2 amide bonds. The zero-order valence-corrected chi connectivity index (χ0v) is 15.0. The second-order valence-corrected chi connectivity index (χ2v) is 5.53. The number of carbonyl (C=O) groups is 2. The number of hydrogen-bond donors (Lipinski definition) is 2. The molecule has 0 aliphatic rings. The molecule has 2 N–H and O–H groups in total. The van der Waals surface area contributed by atoms with Crippen LogP contribution < -0.4 is 20.1 Å². The van der Waals surface area contributed by atoms with Gasteiger partial charge in [0.15, 0.2) is 0 Å². The molecule has 0 fully saturated rings. The fourth-order valence-corrected chi connectivity index (χ4v) is 2.30. The van der Waals surface area contributed by atoms with Crippen molar-refractivity contribution in [2.75, 3.05) is 27.3 Å². The molecule has 1 aromatic rings. The van der Waals surface area contributed by atoms with E-state index < -0.39 is 0 Å². The van der Waals surface area contributed by atoms with Gasteiger partial charge in [0.1, 0.15) is 11.5 Å². The van der Waals surface area contributed by atoms with E-state index in [1.165, 1.54) is 0 Å². The van der Waals surface area contributed by atoms with Crippen LogP contribution in [0.25, 0.3) is 0 Å². The second-order valence-electron chi connectivity index (χ2n) is 5.53. The van der Waals surface area contributed by atoms with Crippen LogP contribution in [0, 0.1) is 0 Å². The van der Waals surface area contributed by atoms with Crippen LogP contribution >= 0.6 is 0 Å². The summed E-state index contributed by atoms with van der Waals surface area (Å²) in [4.78, 5) is 23.9. The molecule has 6 nitrogen and oxygen atoms in total. The van der Waals surface area contributed by atoms with Crippen molar-refractivity contribution in [1.29, 1.82) is 0 Å². The Morgan fingerprint density at radius 1 is 0.833 bits per heavy atom. The van der Waals surface area contributed by atoms with Crippen LogP contribution in [-0.2, 0) is 22.4 Å². The summed E-state index contributed by atoms with van der Waals surface area (Å²) in [5.74, 6) is 1.04. The zero-order chi connectivity index (χ0) is 17.9. The highest BCUT2D eigenvalue weighted by Crippen LogP contribution is 2.29. The molecule has 0 heterocycles. The minimum atomic E-state index is -0.0642. The summed E-state index contributed by atoms with van der Waals surface area (Å²) in [6.45, 7) is 5.30. The first kappa shape index (κ1) is 19.8. The molecular weight excluding hydrogens is 308 g/mol. The molecule has 0 saturated heterocycles. The number of amides is 2. The summed E-state index contributed by atoms with van der Waals surface area (Å²) in [5, 5.41) is 5.68. The molecular formula is C18H28N2O4. The maximum Gasteiger partial charge on any atom is 0.224 e. The van der Waals surface area contributed by atoms with Gasteiger partial charge >= 0.3 is 0 Å². The largest absolute Gasteiger partial charge is 0.496 e. The summed E-state index contributed by atoms with van der Waals surface area (Å²) in [6, 6.07) is 3.54. The fraction of sp³-hybridized carbons (Fsp3) is 0.556. The molecule has 0 spiro atoms. The van der Waals surface area contributed by atoms with Gasteiger partial charge in [-0.2, -0.15) is 0 Å². The molecule has 0 bridgehead atoms. The van der Waals surface area contributed by atoms with Crippen molar-refractivity contribution in [3.63, 3.8) is 0 Å². The molecule has 0 aliphatic carbocycles. The highest BCUT2D eigenvalue weighted by atomic mass is 16.5. The van der Waals surface area contributed by atoms with Crippen molar-refractivity contribution in [2.24, 2.45) is 0 Å². The molecule has 0 unspecified atom stereocenters. The number of benzene rings is 1. The smallest absolute Gasteiger partial charge is 0.224 e. The number of ether oxygens (including phenoxy) is 2. The van der Waals surface area contributed by atoms with E-state index in [0.717, 1.165) is 24.0 Å². The first-order chi connectivity index (χ1) is 11.5. The van der Waals surface area contributed by atoms with Crippen molar-refractivity contribution in [1.82, 2.24) is 10.6 Å². The lowest BCUT2D eigenvalue weighted by Gasteiger charge is -2.15. The lowest BCUT2D eigenvalue weighted by atomic mass is 10.0. The van der Waals surface area contributed by atoms with Gasteiger partial charge in [0.2, 0.25) is 11.8 Å². The van der Waals surface area contributed by atoms with Gasteiger partial charge in [0, 0.05) is 24.2 Å². The average molecular weight is 336 g/mol. The normalized spacial score (nSPS) is 10.2. The Hall–Kier alpha value is -2.24. The van der Waals surface area contributed by atoms with E-state index in [1.54, 1.807) is 26.4 Å². The summed E-state index contributed by atoms with van der Waals surface area (Å²) in [5.41, 5.74) is 1.47. The minimum absolute atomic E-state index is 0.0642. The highest BCUT2D eigenvalue weighted by molar-refractivity contribution is 5.81. The topological polar surface area (TPSA) is 76.7 Å². The first-order valence-electron chi connectivity index (χ1n) is 8.32. The van der Waals surface area contributed by atoms with Crippen molar-refractivity contribution < 1.29 is 19.1 Å². The van der Waals surface area contributed by atoms with Crippen LogP contribution in [0.5, 0.6) is 11.5 Å². The van der Waals surface area contributed by atoms with Gasteiger partial charge in [-0.15, -0.1) is 0 Å². The van der Waals surface area contributed by atoms with Gasteiger partial charge in [-0.3, -0.25) is 9.59 Å². The molecule has 0 atom stereocenters. The quantitative estimate of drug-likeness (QED) is 0.683. The molecule has 6 heteroatoms. The van der Waals surface area contributed by atoms with Crippen LogP contribution in [0.15, 0.2) is 12.1 Å². The summed E-state index contributed by atoms with van der Waals surface area (Å²) in [7, 11) is 3.10. The van der Waals surface area contributed by atoms with E-state index in [-0.39, 0.29) is 24.7 Å². The van der Waals surface area contributed by atoms with Gasteiger partial charge in [-0.1, -0.05) is 13.8 Å². The van der Waals surface area contributed by atoms with Gasteiger partial charge in [-0.25, -0.2) is 0 Å². The Balaban J connectivity index is 2.95. The second kappa shape index (κ2) is 10.5. The lowest BCUT2D eigenvalue weighted by Crippen LogP contribution is -2.26. The van der Waals surface area contributed by atoms with Crippen LogP contribution in [0.3, 0.4) is 0 Å². The van der Waals surface area contributed by atoms with E-state index in [0.29, 0.717) is 24.6 Å². The number of methoxy groups -OCH3 is 2. The van der Waals surface area contributed by atoms with E-state index in [4.69, 9.17) is 9.47 Å². The lowest BCUT2D eigenvalue weighted by molar-refractivity contribution is -0.121. The number of hydrogen-bond acceptors (Lipinski definition) is 4. The predicted molar refractivity (Wildman–Crippen MR) is 93.6 cm³/mol. The van der Waals surface area contributed by atoms with Gasteiger partial charge in [0.25, 0.3) is 0 Å². The van der Waals surface area contributed by atoms with Crippen LogP contribution in [0.2, 0.25) is 0 Å². The van der Waals surface area contributed by atoms with Crippen molar-refractivity contribution in [2.45, 2.75) is 39.5 Å². The summed E-state index contributed by atoms with van der Waals surface area (Å²) < 4.78 is 10.8. The molecule has 1 rings (SSSR count). The summed E-state index contributed by atoms with van der Waals surface area (Å²) >= 11 is 0. The molecule has 0 radical (unpaired) electrons. The Kier molecular flexibility index (Phi) is 8.68. The fourth-order valence-electron chi connectivity index (χ4n) is 2.30. The molecule has 134 valence electrons. The van der Waals surface area contributed by atoms with Gasteiger partial charge in [-0.05, 0) is 25.0 Å². The molecule has 0 aromatic heterocycles. The number of rotatable bonds is 10. The zero-order valence-electron chi connectivity index (χ0n) is 15.0. The average Bonchev–Trinajstić information content (AvgIpc) is 2.58. The summed E-state index contributed by atoms with van der Waals surface area (Å²) in [6.07, 6.45) is 2.19. The van der Waals surface area contributed by atoms with Gasteiger partial charge in [0.05, 0.1) is 27.1 Å². The molecule has 24 heavy (non-hydrogen) atoms. The van der Waals surface area contributed by atoms with E-state index in [9.17, 15) is 9.59 Å². The number of nitrogens with one attached hydrogen (secondary N) is 2. The third-order valence-corrected chi connectivity index (χ3v) is 3.53. The van der Waals surface area contributed by atoms with Crippen molar-refractivity contribution in [3.05, 3.63) is 23.3 Å². The Morgan fingerprint density at radius 2 is 1.21 bits per heavy atom. The maximum absolute atomic E-state index is 11.9. The van der Waals surface area contributed by atoms with Crippen molar-refractivity contribution >= 4 is 11.8 Å². The van der Waals surface area contributed by atoms with Crippen molar-refractivity contribution in [3.8, 4) is 11.5 Å². The van der Waals surface area contributed by atoms with Crippen LogP contribution in [-0.4, -0.2) is 39.1 Å². The van der Waals surface area contributed by atoms with E-state index >= 15 is 0 Å². The monoisotopic (exact) mass is 336 g/mol. The maximum atomic E-state index is 11.9. The molecule has 1 aromatic carbocycles. The predicted octanol–water partition coefficient (Wildman–Crippen LogP) is 1.84. The number of carbonyl (C=O) groups excluding carboxylic acids is 2. The molecule has 0 saturated carbocycles. The third-order valence-electron chi connectivity index (χ3n) is 3.53. The van der Waals surface area contributed by atoms with E-state index in [1.807, 2.05) is 13.8 Å². The molecule has 0 aliphatic heterocycles. The Labute approximate surface area is 143 Å². The highest BCUT2D eigenvalue weighted by Gasteiger charge is 2.16. The Morgan fingerprint density at radius 3 is 1.50 bits per heavy atom. The van der Waals surface area contributed by atoms with Gasteiger partial charge < -0.3 is 20.1 Å². The van der Waals surface area contributed by atoms with E-state index in [2.05, 4.69) is 10.6 Å². The first-order valence-corrected chi connectivity index (χ1v) is 8.32. The van der Waals surface area contributed by atoms with Crippen LogP contribution in [0.1, 0.15) is 37.8 Å².